The van der Waals surface area contributed by atoms with Crippen molar-refractivity contribution >= 4 is 0 Å². The lowest BCUT2D eigenvalue weighted by Crippen LogP contribution is -1.78. The van der Waals surface area contributed by atoms with Crippen LogP contribution in [-0.4, -0.2) is 0 Å². The van der Waals surface area contributed by atoms with Gasteiger partial charge in [0.15, 0.2) is 0 Å². The molecule has 0 bridgehead atoms. The monoisotopic (exact) mass is 154 g/mol. The van der Waals surface area contributed by atoms with Crippen LogP contribution in [0.1, 0.15) is 18.1 Å². The van der Waals surface area contributed by atoms with E-state index in [0.29, 0.717) is 0 Å². The minimum Gasteiger partial charge on any atom is -0.0925 e. The van der Waals surface area contributed by atoms with Gasteiger partial charge in [0, 0.05) is 5.56 Å². The Morgan fingerprint density at radius 3 is 2.50 bits per heavy atom. The highest BCUT2D eigenvalue weighted by Crippen LogP contribution is 2.03. The molecule has 1 aromatic rings. The van der Waals surface area contributed by atoms with Crippen molar-refractivity contribution in [3.8, 4) is 23.7 Å². The van der Waals surface area contributed by atoms with Crippen LogP contribution in [0.15, 0.2) is 24.3 Å². The molecule has 12 heavy (non-hydrogen) atoms. The molecule has 1 aromatic carbocycles. The summed E-state index contributed by atoms with van der Waals surface area (Å²) in [5, 5.41) is 0. The first-order valence-electron chi connectivity index (χ1n) is 3.83. The first-order valence-corrected chi connectivity index (χ1v) is 3.83. The Hall–Kier alpha value is -1.66. The van der Waals surface area contributed by atoms with Gasteiger partial charge in [-0.15, -0.1) is 0 Å². The van der Waals surface area contributed by atoms with Crippen LogP contribution in [0.4, 0.5) is 0 Å². The summed E-state index contributed by atoms with van der Waals surface area (Å²) in [4.78, 5) is 0. The quantitative estimate of drug-likeness (QED) is 0.503. The highest BCUT2D eigenvalue weighted by atomic mass is 13.9. The largest absolute Gasteiger partial charge is 0.0925 e. The molecule has 0 aliphatic carbocycles. The van der Waals surface area contributed by atoms with Gasteiger partial charge in [-0.1, -0.05) is 30.0 Å². The number of hydrogen-bond acceptors (Lipinski definition) is 0. The van der Waals surface area contributed by atoms with Gasteiger partial charge in [-0.05, 0) is 37.3 Å². The zero-order valence-electron chi connectivity index (χ0n) is 7.31. The first-order chi connectivity index (χ1) is 5.84. The number of benzene rings is 1. The molecule has 0 aliphatic rings. The minimum absolute atomic E-state index is 1.06. The predicted octanol–water partition coefficient (Wildman–Crippen LogP) is 2.37. The lowest BCUT2D eigenvalue weighted by Gasteiger charge is -1.93. The van der Waals surface area contributed by atoms with Gasteiger partial charge in [0.1, 0.15) is 0 Å². The van der Waals surface area contributed by atoms with Gasteiger partial charge in [-0.2, -0.15) is 0 Å². The second-order valence-electron chi connectivity index (χ2n) is 2.44. The smallest absolute Gasteiger partial charge is 0.0284 e. The summed E-state index contributed by atoms with van der Waals surface area (Å²) in [5.41, 5.74) is 2.25. The molecule has 0 unspecified atom stereocenters. The molecule has 0 aromatic heterocycles. The lowest BCUT2D eigenvalue weighted by molar-refractivity contribution is 1.44. The van der Waals surface area contributed by atoms with E-state index in [4.69, 9.17) is 0 Å². The Bertz CT molecular complexity index is 378. The summed E-state index contributed by atoms with van der Waals surface area (Å²) in [6.07, 6.45) is 0. The molecule has 0 spiro atoms. The van der Waals surface area contributed by atoms with Gasteiger partial charge >= 0.3 is 0 Å². The maximum absolute atomic E-state index is 2.99. The summed E-state index contributed by atoms with van der Waals surface area (Å²) < 4.78 is 0. The van der Waals surface area contributed by atoms with E-state index in [9.17, 15) is 0 Å². The average molecular weight is 154 g/mol. The maximum Gasteiger partial charge on any atom is 0.0284 e. The fraction of sp³-hybridized carbons (Fsp3) is 0.167. The Balaban J connectivity index is 2.96. The molecule has 0 nitrogen and oxygen atoms in total. The van der Waals surface area contributed by atoms with Crippen molar-refractivity contribution < 1.29 is 0 Å². The topological polar surface area (TPSA) is 0 Å². The van der Waals surface area contributed by atoms with Crippen molar-refractivity contribution in [2.24, 2.45) is 0 Å². The molecule has 0 aliphatic heterocycles. The molecule has 0 atom stereocenters. The zero-order valence-corrected chi connectivity index (χ0v) is 7.31. The first kappa shape index (κ1) is 8.44. The van der Waals surface area contributed by atoms with Crippen LogP contribution in [0.2, 0.25) is 0 Å². The van der Waals surface area contributed by atoms with E-state index in [1.54, 1.807) is 6.92 Å². The molecule has 0 heterocycles. The molecule has 0 heteroatoms. The molecule has 0 N–H and O–H groups in total. The fourth-order valence-electron chi connectivity index (χ4n) is 0.874. The summed E-state index contributed by atoms with van der Waals surface area (Å²) in [5.74, 6) is 11.2. The van der Waals surface area contributed by atoms with Gasteiger partial charge < -0.3 is 0 Å². The number of hydrogen-bond donors (Lipinski definition) is 0. The Morgan fingerprint density at radius 1 is 1.08 bits per heavy atom. The van der Waals surface area contributed by atoms with E-state index in [1.807, 2.05) is 31.2 Å². The highest BCUT2D eigenvalue weighted by Gasteiger charge is 1.88. The standard InChI is InChI=1S/C12H10/c1-3-4-5-9-12-10-7-6-8-11(12)2/h6-8,10H,1-2H3. The minimum atomic E-state index is 1.06. The lowest BCUT2D eigenvalue weighted by atomic mass is 10.1. The molecule has 0 amide bonds. The fourth-order valence-corrected chi connectivity index (χ4v) is 0.874. The Labute approximate surface area is 73.6 Å². The van der Waals surface area contributed by atoms with Gasteiger partial charge in [-0.25, -0.2) is 0 Å². The van der Waals surface area contributed by atoms with Crippen LogP contribution in [0, 0.1) is 30.6 Å². The molecule has 1 rings (SSSR count). The third kappa shape index (κ3) is 2.19. The normalized spacial score (nSPS) is 7.50. The molecule has 58 valence electrons. The average Bonchev–Trinajstić information content (AvgIpc) is 2.09. The maximum atomic E-state index is 2.99. The molecule has 0 saturated carbocycles. The van der Waals surface area contributed by atoms with E-state index in [1.165, 1.54) is 5.56 Å². The van der Waals surface area contributed by atoms with Crippen molar-refractivity contribution in [1.82, 2.24) is 0 Å². The van der Waals surface area contributed by atoms with Crippen molar-refractivity contribution in [1.29, 1.82) is 0 Å². The van der Waals surface area contributed by atoms with Crippen LogP contribution < -0.4 is 0 Å². The van der Waals surface area contributed by atoms with Crippen LogP contribution in [0.25, 0.3) is 0 Å². The van der Waals surface area contributed by atoms with E-state index in [-0.39, 0.29) is 0 Å². The number of rotatable bonds is 0. The molecule has 0 radical (unpaired) electrons. The van der Waals surface area contributed by atoms with E-state index >= 15 is 0 Å². The van der Waals surface area contributed by atoms with Gasteiger partial charge in [0.25, 0.3) is 0 Å². The molecular weight excluding hydrogens is 144 g/mol. The molecule has 0 fully saturated rings. The van der Waals surface area contributed by atoms with E-state index < -0.39 is 0 Å². The van der Waals surface area contributed by atoms with Gasteiger partial charge in [0.2, 0.25) is 0 Å². The summed E-state index contributed by atoms with van der Waals surface area (Å²) in [6.45, 7) is 3.83. The third-order valence-electron chi connectivity index (χ3n) is 1.53. The zero-order chi connectivity index (χ0) is 8.81. The Kier molecular flexibility index (Phi) is 3.00. The van der Waals surface area contributed by atoms with Crippen LogP contribution in [0.5, 0.6) is 0 Å². The van der Waals surface area contributed by atoms with Crippen molar-refractivity contribution in [2.45, 2.75) is 13.8 Å². The summed E-state index contributed by atoms with van der Waals surface area (Å²) in [7, 11) is 0. The third-order valence-corrected chi connectivity index (χ3v) is 1.53. The highest BCUT2D eigenvalue weighted by molar-refractivity contribution is 5.43. The predicted molar refractivity (Wildman–Crippen MR) is 51.5 cm³/mol. The van der Waals surface area contributed by atoms with Crippen LogP contribution in [-0.2, 0) is 0 Å². The van der Waals surface area contributed by atoms with Crippen molar-refractivity contribution in [3.63, 3.8) is 0 Å². The van der Waals surface area contributed by atoms with Crippen LogP contribution in [0.3, 0.4) is 0 Å². The van der Waals surface area contributed by atoms with E-state index in [0.717, 1.165) is 5.56 Å². The molecule has 0 saturated heterocycles. The van der Waals surface area contributed by atoms with Gasteiger partial charge in [-0.3, -0.25) is 0 Å². The van der Waals surface area contributed by atoms with Crippen molar-refractivity contribution in [2.75, 3.05) is 0 Å². The van der Waals surface area contributed by atoms with Crippen molar-refractivity contribution in [3.05, 3.63) is 35.4 Å². The second-order valence-corrected chi connectivity index (χ2v) is 2.44. The van der Waals surface area contributed by atoms with Gasteiger partial charge in [0.05, 0.1) is 0 Å². The van der Waals surface area contributed by atoms with Crippen LogP contribution >= 0.6 is 0 Å². The molecular formula is C12H10. The summed E-state index contributed by atoms with van der Waals surface area (Å²) in [6, 6.07) is 8.03. The second kappa shape index (κ2) is 4.27. The summed E-state index contributed by atoms with van der Waals surface area (Å²) >= 11 is 0. The van der Waals surface area contributed by atoms with E-state index in [2.05, 4.69) is 23.7 Å². The number of aryl methyl sites for hydroxylation is 1. The SMILES string of the molecule is CC#CC#Cc1ccccc1C. The Morgan fingerprint density at radius 2 is 1.83 bits per heavy atom.